The first-order chi connectivity index (χ1) is 66.7. The molecule has 12 rings (SSSR count). The van der Waals surface area contributed by atoms with Gasteiger partial charge in [0.2, 0.25) is 0 Å². The molecule has 0 spiro atoms. The van der Waals surface area contributed by atoms with Crippen LogP contribution in [0.2, 0.25) is 5.02 Å². The van der Waals surface area contributed by atoms with Crippen molar-refractivity contribution in [3.05, 3.63) is 344 Å². The van der Waals surface area contributed by atoms with Crippen LogP contribution in [0.15, 0.2) is 188 Å². The molecule has 0 fully saturated rings. The molecule has 0 unspecified atom stereocenters. The summed E-state index contributed by atoms with van der Waals surface area (Å²) < 4.78 is 103. The molecule has 140 heavy (non-hydrogen) atoms. The fourth-order valence-corrected chi connectivity index (χ4v) is 14.9. The fraction of sp³-hybridized carbons (Fsp3) is 0.304. The Bertz CT molecular complexity index is 6000. The van der Waals surface area contributed by atoms with Crippen molar-refractivity contribution >= 4 is 128 Å². The summed E-state index contributed by atoms with van der Waals surface area (Å²) in [7, 11) is 4.45. The first-order valence-electron chi connectivity index (χ1n) is 44.6. The van der Waals surface area contributed by atoms with Gasteiger partial charge in [0.1, 0.15) is 120 Å². The van der Waals surface area contributed by atoms with Crippen molar-refractivity contribution in [2.45, 2.75) is 184 Å². The number of rotatable bonds is 27. The van der Waals surface area contributed by atoms with Gasteiger partial charge in [0.05, 0.1) is 49.6 Å². The molecule has 0 heterocycles. The second kappa shape index (κ2) is 57.9. The first-order valence-corrected chi connectivity index (χ1v) is 50.6. The third kappa shape index (κ3) is 35.5. The molecule has 19 nitrogen and oxygen atoms in total. The van der Waals surface area contributed by atoms with Crippen molar-refractivity contribution < 1.29 is 94.6 Å². The van der Waals surface area contributed by atoms with Crippen molar-refractivity contribution in [3.8, 4) is 74.7 Å². The second-order valence-corrected chi connectivity index (χ2v) is 36.5. The summed E-state index contributed by atoms with van der Waals surface area (Å²) in [5.41, 5.74) is 27.5. The topological polar surface area (TPSA) is 199 Å². The Hall–Kier alpha value is -11.7. The van der Waals surface area contributed by atoms with Gasteiger partial charge in [0, 0.05) is 59.1 Å². The molecule has 0 amide bonds. The van der Waals surface area contributed by atoms with Crippen LogP contribution >= 0.6 is 96.2 Å². The molecule has 0 saturated carbocycles. The molecule has 0 N–H and O–H groups in total. The number of hydrogen-bond acceptors (Lipinski definition) is 26. The van der Waals surface area contributed by atoms with E-state index >= 15 is 0 Å². The summed E-state index contributed by atoms with van der Waals surface area (Å²) in [5, 5.41) is -0.450. The normalized spacial score (nSPS) is 10.4. The quantitative estimate of drug-likeness (QED) is 0.0289. The molecular formula is C112H126ClFO19S7. The number of halogens is 2. The fourth-order valence-electron chi connectivity index (χ4n) is 13.6. The first kappa shape index (κ1) is 115. The third-order valence-corrected chi connectivity index (χ3v) is 25.1. The summed E-state index contributed by atoms with van der Waals surface area (Å²) in [6.07, 6.45) is 4.97. The Labute approximate surface area is 864 Å². The van der Waals surface area contributed by atoms with Gasteiger partial charge >= 0.3 is 31.6 Å². The lowest BCUT2D eigenvalue weighted by molar-refractivity contribution is 0.223. The van der Waals surface area contributed by atoms with E-state index in [4.69, 9.17) is 124 Å². The Balaban J connectivity index is 0.000000228. The SMILES string of the molecule is CCOc1cccc(OC(=S)OC)c1COc1cc(C)c(C)cc1C.COC(=S)Oc1cccc(C)c1COc1cc(C)c(C)cc1C.COC(=S)Oc1cccc(CS)c1COc1cc(C)c(C)cc1C.CSC(=O)Oc1cccc(Cl)c1COc1cc(C)c(C)cc1C.CSC(=O)Oc1cccc(F)c1COc1cc(C)c(C)cc1C.CSC(=O)Oc1ccccc1COc1cc(C)c(C)cc1C. The minimum absolute atomic E-state index is 0.00694. The third-order valence-electron chi connectivity index (χ3n) is 22.4. The molecule has 0 aliphatic rings. The molecule has 0 saturated heterocycles. The lowest BCUT2D eigenvalue weighted by Gasteiger charge is -2.17. The smallest absolute Gasteiger partial charge is 0.372 e. The van der Waals surface area contributed by atoms with Gasteiger partial charge in [-0.05, 0) is 395 Å². The van der Waals surface area contributed by atoms with Crippen LogP contribution in [-0.4, -0.2) is 78.3 Å². The minimum atomic E-state index is -0.487. The maximum atomic E-state index is 14.1. The maximum absolute atomic E-state index is 14.1. The Morgan fingerprint density at radius 3 is 0.914 bits per heavy atom. The lowest BCUT2D eigenvalue weighted by atomic mass is 10.1. The van der Waals surface area contributed by atoms with Crippen LogP contribution in [0, 0.1) is 137 Å². The number of para-hydroxylation sites is 1. The summed E-state index contributed by atoms with van der Waals surface area (Å²) in [6.45, 7) is 43.1. The highest BCUT2D eigenvalue weighted by molar-refractivity contribution is 8.13. The number of ether oxygens (including phenoxy) is 16. The van der Waals surface area contributed by atoms with Crippen LogP contribution in [0.5, 0.6) is 74.7 Å². The van der Waals surface area contributed by atoms with Gasteiger partial charge in [-0.25, -0.2) is 18.8 Å². The summed E-state index contributed by atoms with van der Waals surface area (Å²) in [5.74, 6) is 8.81. The number of thiocarbonyl (C=S) groups is 3. The van der Waals surface area contributed by atoms with Crippen molar-refractivity contribution in [3.63, 3.8) is 0 Å². The highest BCUT2D eigenvalue weighted by Gasteiger charge is 2.22. The van der Waals surface area contributed by atoms with E-state index in [9.17, 15) is 18.8 Å². The Kier molecular flexibility index (Phi) is 47.7. The van der Waals surface area contributed by atoms with E-state index in [-0.39, 0.29) is 50.8 Å². The zero-order valence-electron chi connectivity index (χ0n) is 84.5. The van der Waals surface area contributed by atoms with Gasteiger partial charge in [0.25, 0.3) is 0 Å². The highest BCUT2D eigenvalue weighted by Crippen LogP contribution is 2.38. The van der Waals surface area contributed by atoms with E-state index in [0.717, 1.165) is 136 Å². The molecule has 0 aliphatic heterocycles. The molecule has 0 aliphatic carbocycles. The lowest BCUT2D eigenvalue weighted by Crippen LogP contribution is -2.11. The van der Waals surface area contributed by atoms with Gasteiger partial charge in [-0.2, -0.15) is 12.6 Å². The van der Waals surface area contributed by atoms with Gasteiger partial charge in [-0.15, -0.1) is 0 Å². The van der Waals surface area contributed by atoms with E-state index in [1.54, 1.807) is 49.1 Å². The van der Waals surface area contributed by atoms with Crippen LogP contribution in [0.3, 0.4) is 0 Å². The van der Waals surface area contributed by atoms with E-state index in [2.05, 4.69) is 124 Å². The van der Waals surface area contributed by atoms with Gasteiger partial charge in [-0.1, -0.05) is 109 Å². The number of aryl methyl sites for hydroxylation is 19. The van der Waals surface area contributed by atoms with Crippen LogP contribution in [0.25, 0.3) is 0 Å². The van der Waals surface area contributed by atoms with Crippen LogP contribution < -0.4 is 61.6 Å². The average molecular weight is 2060 g/mol. The predicted molar refractivity (Wildman–Crippen MR) is 581 cm³/mol. The maximum Gasteiger partial charge on any atom is 0.372 e. The van der Waals surface area contributed by atoms with Crippen molar-refractivity contribution in [2.75, 3.05) is 46.7 Å². The van der Waals surface area contributed by atoms with Crippen molar-refractivity contribution in [1.82, 2.24) is 0 Å². The monoisotopic (exact) mass is 2050 g/mol. The molecule has 744 valence electrons. The van der Waals surface area contributed by atoms with Crippen LogP contribution in [0.1, 0.15) is 152 Å². The highest BCUT2D eigenvalue weighted by atomic mass is 35.5. The van der Waals surface area contributed by atoms with Crippen molar-refractivity contribution in [2.24, 2.45) is 0 Å². The van der Waals surface area contributed by atoms with E-state index < -0.39 is 11.1 Å². The van der Waals surface area contributed by atoms with Gasteiger partial charge < -0.3 is 75.8 Å². The molecular weight excluding hydrogens is 1930 g/mol. The van der Waals surface area contributed by atoms with Gasteiger partial charge in [-0.3, -0.25) is 0 Å². The molecule has 28 heteroatoms. The number of thioether (sulfide) groups is 3. The number of thiol groups is 1. The summed E-state index contributed by atoms with van der Waals surface area (Å²) in [4.78, 5) is 34.4. The Morgan fingerprint density at radius 2 is 0.543 bits per heavy atom. The largest absolute Gasteiger partial charge is 0.493 e. The van der Waals surface area contributed by atoms with Crippen LogP contribution in [-0.2, 0) is 59.6 Å². The predicted octanol–water partition coefficient (Wildman–Crippen LogP) is 30.6. The molecule has 12 aromatic carbocycles. The average Bonchev–Trinajstić information content (AvgIpc) is 0.837. The number of methoxy groups -OCH3 is 3. The molecule has 0 atom stereocenters. The standard InChI is InChI=1S/C20H24O4S.C19H22O3S2.C19H22O3S.C18H19ClO3S.C18H19FO3S.C18H20O3S/c1-6-22-17-8-7-9-18(24-20(25)21-5)16(17)12-23-19-11-14(3)13(2)10-15(19)4;1-12-8-14(3)18(9-13(12)2)21-10-16-15(11-23)6-5-7-17(16)22-19(24)20-4;1-12-7-6-8-17(22-19(23)20-5)16(12)11-21-18-10-14(3)13(2)9-15(18)4;2*1-11-8-13(3)17(9-12(11)2)21-10-14-15(19)6-5-7-16(14)22-18(20)23-4;1-12-9-14(3)17(10-13(12)2)20-11-15-7-5-6-8-16(15)21-18(19)22-4/h7-11H,6,12H2,1-5H3;5-9,23H,10-11H2,1-4H3;6-10H,11H2,1-5H3;2*5-9H,10H2,1-4H3;5-10H,11H2,1-4H3. The zero-order chi connectivity index (χ0) is 103. The number of benzene rings is 12. The summed E-state index contributed by atoms with van der Waals surface area (Å²) in [6, 6.07) is 58.9. The Morgan fingerprint density at radius 1 is 0.279 bits per heavy atom. The zero-order valence-corrected chi connectivity index (χ0v) is 91.0. The number of carbonyl (C=O) groups excluding carboxylic acids is 3. The second-order valence-electron chi connectivity index (χ2n) is 32.6. The minimum Gasteiger partial charge on any atom is -0.493 e. The van der Waals surface area contributed by atoms with E-state index in [1.807, 2.05) is 172 Å². The molecule has 0 bridgehead atoms. The summed E-state index contributed by atoms with van der Waals surface area (Å²) >= 11 is 28.6. The van der Waals surface area contributed by atoms with Crippen LogP contribution in [0.4, 0.5) is 18.8 Å². The number of hydrogen-bond donors (Lipinski definition) is 1. The van der Waals surface area contributed by atoms with E-state index in [0.29, 0.717) is 89.6 Å². The van der Waals surface area contributed by atoms with E-state index in [1.165, 1.54) is 94.7 Å². The van der Waals surface area contributed by atoms with Crippen molar-refractivity contribution in [1.29, 1.82) is 0 Å². The molecule has 12 aromatic rings. The molecule has 0 aromatic heterocycles. The van der Waals surface area contributed by atoms with Gasteiger partial charge in [0.15, 0.2) is 0 Å². The molecule has 0 radical (unpaired) electrons. The number of carbonyl (C=O) groups is 3.